The molecule has 1 saturated heterocycles. The van der Waals surface area contributed by atoms with Gasteiger partial charge >= 0.3 is 0 Å². The van der Waals surface area contributed by atoms with Crippen molar-refractivity contribution >= 4 is 46.5 Å². The minimum absolute atomic E-state index is 0.121. The van der Waals surface area contributed by atoms with Crippen molar-refractivity contribution in [3.8, 4) is 0 Å². The monoisotopic (exact) mass is 471 g/mol. The normalized spacial score (nSPS) is 19.1. The number of fused-ring (bicyclic) bond motifs is 2. The lowest BCUT2D eigenvalue weighted by Crippen LogP contribution is -2.51. The maximum absolute atomic E-state index is 14.1. The minimum Gasteiger partial charge on any atom is -0.325 e. The van der Waals surface area contributed by atoms with E-state index in [1.165, 1.54) is 16.7 Å². The number of hydrogen-bond donors (Lipinski definition) is 1. The third-order valence-corrected chi connectivity index (χ3v) is 7.52. The van der Waals surface area contributed by atoms with Gasteiger partial charge in [-0.15, -0.1) is 11.8 Å². The van der Waals surface area contributed by atoms with Crippen molar-refractivity contribution in [2.24, 2.45) is 0 Å². The molecule has 34 heavy (non-hydrogen) atoms. The van der Waals surface area contributed by atoms with Crippen LogP contribution in [0.3, 0.4) is 0 Å². The summed E-state index contributed by atoms with van der Waals surface area (Å²) in [6.07, 6.45) is 0. The number of carbonyl (C=O) groups is 3. The molecule has 2 aliphatic heterocycles. The van der Waals surface area contributed by atoms with E-state index >= 15 is 0 Å². The van der Waals surface area contributed by atoms with Crippen molar-refractivity contribution in [3.63, 3.8) is 0 Å². The van der Waals surface area contributed by atoms with Crippen LogP contribution in [-0.2, 0) is 19.3 Å². The summed E-state index contributed by atoms with van der Waals surface area (Å²) in [6, 6.07) is 20.9. The Kier molecular flexibility index (Phi) is 5.44. The van der Waals surface area contributed by atoms with E-state index in [2.05, 4.69) is 5.32 Å². The second-order valence-electron chi connectivity index (χ2n) is 8.83. The molecule has 3 aromatic carbocycles. The molecule has 0 unspecified atom stereocenters. The van der Waals surface area contributed by atoms with Crippen LogP contribution in [0.1, 0.15) is 22.3 Å². The maximum Gasteiger partial charge on any atom is 0.269 e. The Morgan fingerprint density at radius 2 is 1.68 bits per heavy atom. The summed E-state index contributed by atoms with van der Waals surface area (Å²) in [5, 5.41) is 2.89. The first-order chi connectivity index (χ1) is 16.3. The number of nitrogens with one attached hydrogen (secondary N) is 1. The van der Waals surface area contributed by atoms with E-state index in [1.807, 2.05) is 87.5 Å². The summed E-state index contributed by atoms with van der Waals surface area (Å²) in [6.45, 7) is 5.77. The van der Waals surface area contributed by atoms with Crippen LogP contribution in [0.15, 0.2) is 66.7 Å². The van der Waals surface area contributed by atoms with Gasteiger partial charge < -0.3 is 5.32 Å². The lowest BCUT2D eigenvalue weighted by molar-refractivity contribution is -0.124. The van der Waals surface area contributed by atoms with Gasteiger partial charge in [-0.05, 0) is 67.8 Å². The molecular weight excluding hydrogens is 446 g/mol. The number of anilines is 3. The highest BCUT2D eigenvalue weighted by molar-refractivity contribution is 8.02. The number of hydrogen-bond acceptors (Lipinski definition) is 4. The van der Waals surface area contributed by atoms with E-state index in [-0.39, 0.29) is 30.0 Å². The fourth-order valence-corrected chi connectivity index (χ4v) is 6.22. The third-order valence-electron chi connectivity index (χ3n) is 6.13. The quantitative estimate of drug-likeness (QED) is 0.607. The van der Waals surface area contributed by atoms with E-state index in [1.54, 1.807) is 4.90 Å². The van der Waals surface area contributed by atoms with Crippen molar-refractivity contribution in [3.05, 3.63) is 89.0 Å². The molecule has 7 heteroatoms. The molecule has 1 spiro atoms. The van der Waals surface area contributed by atoms with Gasteiger partial charge in [0, 0.05) is 16.9 Å². The summed E-state index contributed by atoms with van der Waals surface area (Å²) in [5.74, 6) is -0.499. The number of nitrogens with zero attached hydrogens (tertiary/aromatic N) is 2. The summed E-state index contributed by atoms with van der Waals surface area (Å²) in [7, 11) is 0. The van der Waals surface area contributed by atoms with E-state index in [9.17, 15) is 14.4 Å². The molecule has 1 fully saturated rings. The molecule has 2 heterocycles. The molecule has 0 aliphatic carbocycles. The van der Waals surface area contributed by atoms with Crippen molar-refractivity contribution in [2.75, 3.05) is 27.4 Å². The molecule has 0 bridgehead atoms. The van der Waals surface area contributed by atoms with Crippen molar-refractivity contribution in [1.82, 2.24) is 0 Å². The van der Waals surface area contributed by atoms with Crippen LogP contribution in [0.2, 0.25) is 0 Å². The Hall–Kier alpha value is -3.58. The average molecular weight is 472 g/mol. The Morgan fingerprint density at radius 1 is 0.941 bits per heavy atom. The van der Waals surface area contributed by atoms with Gasteiger partial charge in [0.1, 0.15) is 6.54 Å². The smallest absolute Gasteiger partial charge is 0.269 e. The highest BCUT2D eigenvalue weighted by atomic mass is 32.2. The fraction of sp³-hybridized carbons (Fsp3) is 0.222. The van der Waals surface area contributed by atoms with Gasteiger partial charge in [0.2, 0.25) is 16.7 Å². The second-order valence-corrected chi connectivity index (χ2v) is 10.0. The number of para-hydroxylation sites is 1. The van der Waals surface area contributed by atoms with E-state index in [0.29, 0.717) is 17.1 Å². The Balaban J connectivity index is 1.53. The number of amides is 3. The zero-order valence-corrected chi connectivity index (χ0v) is 20.1. The Morgan fingerprint density at radius 3 is 2.41 bits per heavy atom. The maximum atomic E-state index is 14.1. The molecular formula is C27H25N3O3S. The van der Waals surface area contributed by atoms with Crippen LogP contribution >= 0.6 is 11.8 Å². The molecule has 172 valence electrons. The van der Waals surface area contributed by atoms with Crippen LogP contribution in [0.5, 0.6) is 0 Å². The van der Waals surface area contributed by atoms with Crippen molar-refractivity contribution in [1.29, 1.82) is 0 Å². The van der Waals surface area contributed by atoms with Crippen LogP contribution in [0.4, 0.5) is 17.1 Å². The Bertz CT molecular complexity index is 1320. The second kappa shape index (κ2) is 8.33. The molecule has 2 aliphatic rings. The van der Waals surface area contributed by atoms with Gasteiger partial charge in [-0.1, -0.05) is 36.4 Å². The lowest BCUT2D eigenvalue weighted by Gasteiger charge is -2.33. The highest BCUT2D eigenvalue weighted by Crippen LogP contribution is 2.55. The molecule has 1 N–H and O–H groups in total. The highest BCUT2D eigenvalue weighted by Gasteiger charge is 2.61. The molecule has 1 atom stereocenters. The van der Waals surface area contributed by atoms with Gasteiger partial charge in [-0.3, -0.25) is 24.2 Å². The number of carbonyl (C=O) groups excluding carboxylic acids is 3. The van der Waals surface area contributed by atoms with Gasteiger partial charge in [-0.25, -0.2) is 0 Å². The first-order valence-corrected chi connectivity index (χ1v) is 12.1. The average Bonchev–Trinajstić information content (AvgIpc) is 3.24. The van der Waals surface area contributed by atoms with E-state index < -0.39 is 4.87 Å². The van der Waals surface area contributed by atoms with Crippen LogP contribution in [0, 0.1) is 20.8 Å². The molecule has 6 nitrogen and oxygen atoms in total. The van der Waals surface area contributed by atoms with Gasteiger partial charge in [-0.2, -0.15) is 0 Å². The number of aryl methyl sites for hydroxylation is 3. The number of rotatable bonds is 4. The summed E-state index contributed by atoms with van der Waals surface area (Å²) in [5.41, 5.74) is 5.83. The first kappa shape index (κ1) is 22.2. The first-order valence-electron chi connectivity index (χ1n) is 11.1. The largest absolute Gasteiger partial charge is 0.325 e. The van der Waals surface area contributed by atoms with Crippen LogP contribution in [0.25, 0.3) is 0 Å². The summed E-state index contributed by atoms with van der Waals surface area (Å²) in [4.78, 5) is 42.1. The van der Waals surface area contributed by atoms with E-state index in [0.717, 1.165) is 22.3 Å². The lowest BCUT2D eigenvalue weighted by atomic mass is 10.0. The summed E-state index contributed by atoms with van der Waals surface area (Å²) < 4.78 is 0. The SMILES string of the molecule is Cc1cccc(NC(=O)CN2C(=O)[C@]3(SCC(=O)N3c3cc(C)cc(C)c3)c3ccccc32)c1. The minimum atomic E-state index is -1.22. The van der Waals surface area contributed by atoms with Crippen LogP contribution < -0.4 is 15.1 Å². The zero-order chi connectivity index (χ0) is 24.0. The summed E-state index contributed by atoms with van der Waals surface area (Å²) >= 11 is 1.32. The molecule has 0 radical (unpaired) electrons. The molecule has 0 aromatic heterocycles. The third kappa shape index (κ3) is 3.56. The van der Waals surface area contributed by atoms with Crippen molar-refractivity contribution < 1.29 is 14.4 Å². The molecule has 5 rings (SSSR count). The molecule has 3 aromatic rings. The molecule has 0 saturated carbocycles. The van der Waals surface area contributed by atoms with Gasteiger partial charge in [0.05, 0.1) is 11.4 Å². The topological polar surface area (TPSA) is 69.7 Å². The van der Waals surface area contributed by atoms with E-state index in [4.69, 9.17) is 0 Å². The number of benzene rings is 3. The predicted octanol–water partition coefficient (Wildman–Crippen LogP) is 4.53. The van der Waals surface area contributed by atoms with Crippen LogP contribution in [-0.4, -0.2) is 30.0 Å². The molecule has 3 amide bonds. The Labute approximate surface area is 202 Å². The van der Waals surface area contributed by atoms with Gasteiger partial charge in [0.25, 0.3) is 5.91 Å². The fourth-order valence-electron chi connectivity index (χ4n) is 4.86. The standard InChI is InChI=1S/C27H25N3O3S/c1-17-7-6-8-20(12-17)28-24(31)15-29-23-10-5-4-9-22(23)27(26(29)33)30(25(32)16-34-27)21-13-18(2)11-19(3)14-21/h4-14H,15-16H2,1-3H3,(H,28,31)/t27-/m1/s1. The predicted molar refractivity (Wildman–Crippen MR) is 136 cm³/mol. The van der Waals surface area contributed by atoms with Gasteiger partial charge in [0.15, 0.2) is 0 Å². The number of thioether (sulfide) groups is 1. The zero-order valence-electron chi connectivity index (χ0n) is 19.3. The van der Waals surface area contributed by atoms with Crippen molar-refractivity contribution in [2.45, 2.75) is 25.6 Å².